The van der Waals surface area contributed by atoms with Gasteiger partial charge in [0.05, 0.1) is 0 Å². The van der Waals surface area contributed by atoms with Gasteiger partial charge in [-0.05, 0) is 0 Å². The minimum atomic E-state index is -2.48. The molecule has 49 heavy (non-hydrogen) atoms. The summed E-state index contributed by atoms with van der Waals surface area (Å²) in [6, 6.07) is 10.2. The van der Waals surface area contributed by atoms with Crippen LogP contribution in [0.5, 0.6) is 5.75 Å². The van der Waals surface area contributed by atoms with Gasteiger partial charge in [-0.1, -0.05) is 0 Å². The Balaban J connectivity index is 1.54. The van der Waals surface area contributed by atoms with Crippen molar-refractivity contribution < 1.29 is 4.74 Å². The minimum absolute atomic E-state index is 0.230. The van der Waals surface area contributed by atoms with Crippen LogP contribution >= 0.6 is 7.26 Å². The average molecular weight is 683 g/mol. The quantitative estimate of drug-likeness (QED) is 0.252. The predicted octanol–water partition coefficient (Wildman–Crippen LogP) is 13.2. The molecule has 0 amide bonds. The fourth-order valence-electron chi connectivity index (χ4n) is 16.0. The Labute approximate surface area is 301 Å². The van der Waals surface area contributed by atoms with Crippen LogP contribution in [0.2, 0.25) is 0 Å². The van der Waals surface area contributed by atoms with Crippen LogP contribution in [0.15, 0.2) is 24.3 Å². The molecule has 0 unspecified atom stereocenters. The third-order valence-corrected chi connectivity index (χ3v) is 24.0. The summed E-state index contributed by atoms with van der Waals surface area (Å²) in [5, 5.41) is 2.98. The Morgan fingerprint density at radius 3 is 1.31 bits per heavy atom. The topological polar surface area (TPSA) is 9.23 Å². The van der Waals surface area contributed by atoms with Gasteiger partial charge in [0.2, 0.25) is 0 Å². The van der Waals surface area contributed by atoms with Crippen molar-refractivity contribution in [1.29, 1.82) is 0 Å². The number of rotatable bonds is 8. The summed E-state index contributed by atoms with van der Waals surface area (Å²) < 4.78 is 6.89. The van der Waals surface area contributed by atoms with Gasteiger partial charge in [-0.3, -0.25) is 0 Å². The predicted molar refractivity (Wildman–Crippen MR) is 215 cm³/mol. The summed E-state index contributed by atoms with van der Waals surface area (Å²) in [4.78, 5) is 0. The average Bonchev–Trinajstić information content (AvgIpc) is 2.98. The van der Waals surface area contributed by atoms with Gasteiger partial charge in [0, 0.05) is 0 Å². The molecule has 0 atom stereocenters. The SMILES string of the molecule is COc1ccc(C)c(-c2c(C(C)C)cc(C(C)C)cc2C(C)C)c1[PH](C(C)(C)C)(C12CC3C[C@H](C1)C[C@@H](C3)C2)C12CC3C[C@H](C1)C[C@@H](C3)C2. The Morgan fingerprint density at radius 1 is 0.612 bits per heavy atom. The number of benzene rings is 2. The molecule has 2 aromatic carbocycles. The van der Waals surface area contributed by atoms with Crippen LogP contribution in [0.1, 0.15) is 179 Å². The van der Waals surface area contributed by atoms with Crippen LogP contribution in [0, 0.1) is 42.4 Å². The first-order valence-electron chi connectivity index (χ1n) is 21.0. The molecule has 2 aromatic rings. The van der Waals surface area contributed by atoms with E-state index in [0.29, 0.717) is 28.1 Å². The van der Waals surface area contributed by atoms with Gasteiger partial charge in [0.15, 0.2) is 0 Å². The van der Waals surface area contributed by atoms with E-state index in [1.165, 1.54) is 93.9 Å². The van der Waals surface area contributed by atoms with Crippen LogP contribution in [0.4, 0.5) is 0 Å². The monoisotopic (exact) mass is 683 g/mol. The number of hydrogen-bond acceptors (Lipinski definition) is 1. The number of aryl methyl sites for hydroxylation is 1. The fourth-order valence-corrected chi connectivity index (χ4v) is 26.9. The summed E-state index contributed by atoms with van der Waals surface area (Å²) in [6.07, 6.45) is 18.2. The summed E-state index contributed by atoms with van der Waals surface area (Å²) in [5.74, 6) is 8.46. The van der Waals surface area contributed by atoms with Crippen LogP contribution in [-0.4, -0.2) is 22.6 Å². The van der Waals surface area contributed by atoms with E-state index in [9.17, 15) is 0 Å². The number of hydrogen-bond donors (Lipinski definition) is 0. The van der Waals surface area contributed by atoms with Crippen LogP contribution in [0.3, 0.4) is 0 Å². The van der Waals surface area contributed by atoms with Crippen molar-refractivity contribution in [2.24, 2.45) is 35.5 Å². The van der Waals surface area contributed by atoms with Gasteiger partial charge in [-0.2, -0.15) is 0 Å². The summed E-state index contributed by atoms with van der Waals surface area (Å²) >= 11 is 0. The molecule has 270 valence electrons. The standard InChI is InChI=1S/C47H71OP/c1-28(2)38-20-39(29(3)4)43(40(21-38)30(5)6)42-31(7)12-13-41(48-11)44(42)49(45(8,9)10,46-22-32-14-33(23-46)16-34(15-32)24-46)47-25-35-17-36(26-47)19-37(18-35)27-47/h12-13,20-21,28-30,32-37,49H,14-19,22-27H2,1-11H3/t32-,33+,34?,35-,36+,37?,46?,47?. The van der Waals surface area contributed by atoms with Crippen LogP contribution in [0.25, 0.3) is 11.1 Å². The van der Waals surface area contributed by atoms with Crippen LogP contribution in [-0.2, 0) is 0 Å². The molecular formula is C47H71OP. The summed E-state index contributed by atoms with van der Waals surface area (Å²) in [7, 11) is -0.441. The molecule has 0 saturated heterocycles. The maximum atomic E-state index is 6.89. The molecule has 0 aromatic heterocycles. The zero-order valence-corrected chi connectivity index (χ0v) is 34.4. The Bertz CT molecular complexity index is 1450. The Kier molecular flexibility index (Phi) is 8.39. The second-order valence-electron chi connectivity index (χ2n) is 21.3. The third kappa shape index (κ3) is 4.99. The zero-order valence-electron chi connectivity index (χ0n) is 33.4. The first kappa shape index (κ1) is 34.7. The molecule has 0 heterocycles. The van der Waals surface area contributed by atoms with Crippen molar-refractivity contribution >= 4 is 12.6 Å². The van der Waals surface area contributed by atoms with Crippen molar-refractivity contribution in [2.75, 3.05) is 7.11 Å². The van der Waals surface area contributed by atoms with Crippen LogP contribution < -0.4 is 10.0 Å². The van der Waals surface area contributed by atoms with E-state index >= 15 is 0 Å². The van der Waals surface area contributed by atoms with Gasteiger partial charge in [0.1, 0.15) is 0 Å². The zero-order chi connectivity index (χ0) is 34.8. The van der Waals surface area contributed by atoms with Crippen molar-refractivity contribution in [3.63, 3.8) is 0 Å². The molecule has 8 saturated carbocycles. The molecule has 8 fully saturated rings. The summed E-state index contributed by atoms with van der Waals surface area (Å²) in [6.45, 7) is 25.5. The van der Waals surface area contributed by atoms with Crippen molar-refractivity contribution in [1.82, 2.24) is 0 Å². The van der Waals surface area contributed by atoms with E-state index in [0.717, 1.165) is 35.5 Å². The normalized spacial score (nSPS) is 35.3. The van der Waals surface area contributed by atoms with Gasteiger partial charge in [-0.15, -0.1) is 0 Å². The Hall–Kier alpha value is -1.33. The van der Waals surface area contributed by atoms with E-state index in [1.54, 1.807) is 22.3 Å². The van der Waals surface area contributed by atoms with E-state index in [1.807, 2.05) is 12.4 Å². The number of ether oxygens (including phenoxy) is 1. The molecule has 0 N–H and O–H groups in total. The van der Waals surface area contributed by atoms with Gasteiger partial charge < -0.3 is 0 Å². The first-order valence-corrected chi connectivity index (χ1v) is 23.0. The third-order valence-electron chi connectivity index (χ3n) is 16.1. The second kappa shape index (κ2) is 11.8. The van der Waals surface area contributed by atoms with Crippen molar-refractivity contribution in [3.05, 3.63) is 46.5 Å². The molecule has 0 aliphatic heterocycles. The van der Waals surface area contributed by atoms with Gasteiger partial charge in [0.25, 0.3) is 0 Å². The molecule has 8 aliphatic carbocycles. The summed E-state index contributed by atoms with van der Waals surface area (Å²) in [5.41, 5.74) is 9.44. The second-order valence-corrected chi connectivity index (χ2v) is 26.9. The van der Waals surface area contributed by atoms with Crippen molar-refractivity contribution in [2.45, 2.75) is 180 Å². The molecule has 1 nitrogen and oxygen atoms in total. The molecular weight excluding hydrogens is 611 g/mol. The van der Waals surface area contributed by atoms with E-state index in [4.69, 9.17) is 4.74 Å². The molecule has 0 radical (unpaired) electrons. The molecule has 2 heteroatoms. The van der Waals surface area contributed by atoms with Gasteiger partial charge in [-0.25, -0.2) is 0 Å². The molecule has 8 aliphatic rings. The van der Waals surface area contributed by atoms with E-state index < -0.39 is 7.26 Å². The molecule has 0 spiro atoms. The molecule has 8 bridgehead atoms. The Morgan fingerprint density at radius 2 is 1.00 bits per heavy atom. The van der Waals surface area contributed by atoms with E-state index in [2.05, 4.69) is 93.5 Å². The fraction of sp³-hybridized carbons (Fsp3) is 0.745. The first-order chi connectivity index (χ1) is 23.1. The molecule has 10 rings (SSSR count). The number of methoxy groups -OCH3 is 1. The maximum absolute atomic E-state index is 6.89. The van der Waals surface area contributed by atoms with E-state index in [-0.39, 0.29) is 5.16 Å². The van der Waals surface area contributed by atoms with Gasteiger partial charge >= 0.3 is 303 Å². The van der Waals surface area contributed by atoms with Crippen molar-refractivity contribution in [3.8, 4) is 16.9 Å².